The molecule has 0 spiro atoms. The normalized spacial score (nSPS) is 11.1. The molecule has 1 heterocycles. The monoisotopic (exact) mass is 314 g/mol. The standard InChI is InChI=1S/C14H10F4N2O2/c15-10-5-1-2-6-11(10)20-12(21)9-4-3-7-19-13(9)22-8-14(16,17)18/h1-7H,8H2,(H,20,21). The van der Waals surface area contributed by atoms with Gasteiger partial charge < -0.3 is 10.1 Å². The van der Waals surface area contributed by atoms with Crippen LogP contribution in [-0.2, 0) is 0 Å². The van der Waals surface area contributed by atoms with Crippen LogP contribution in [0.25, 0.3) is 0 Å². The third kappa shape index (κ3) is 4.18. The molecule has 22 heavy (non-hydrogen) atoms. The molecular formula is C14H10F4N2O2. The van der Waals surface area contributed by atoms with E-state index in [0.717, 1.165) is 6.07 Å². The highest BCUT2D eigenvalue weighted by Crippen LogP contribution is 2.21. The van der Waals surface area contributed by atoms with Crippen LogP contribution < -0.4 is 10.1 Å². The summed E-state index contributed by atoms with van der Waals surface area (Å²) in [7, 11) is 0. The third-order valence-corrected chi connectivity index (χ3v) is 2.51. The summed E-state index contributed by atoms with van der Waals surface area (Å²) < 4.78 is 54.5. The van der Waals surface area contributed by atoms with Crippen molar-refractivity contribution in [2.75, 3.05) is 11.9 Å². The van der Waals surface area contributed by atoms with Crippen LogP contribution in [0.15, 0.2) is 42.6 Å². The Morgan fingerprint density at radius 3 is 2.59 bits per heavy atom. The van der Waals surface area contributed by atoms with E-state index in [2.05, 4.69) is 15.0 Å². The number of carbonyl (C=O) groups excluding carboxylic acids is 1. The second kappa shape index (κ2) is 6.42. The molecule has 1 N–H and O–H groups in total. The Morgan fingerprint density at radius 2 is 1.91 bits per heavy atom. The summed E-state index contributed by atoms with van der Waals surface area (Å²) in [5.41, 5.74) is -0.326. The second-order valence-corrected chi connectivity index (χ2v) is 4.19. The lowest BCUT2D eigenvalue weighted by molar-refractivity contribution is -0.154. The zero-order chi connectivity index (χ0) is 16.2. The lowest BCUT2D eigenvalue weighted by atomic mass is 10.2. The molecule has 0 aliphatic rings. The molecule has 0 radical (unpaired) electrons. The Balaban J connectivity index is 2.18. The molecule has 2 rings (SSSR count). The number of halogens is 4. The van der Waals surface area contributed by atoms with Gasteiger partial charge in [-0.3, -0.25) is 4.79 Å². The van der Waals surface area contributed by atoms with E-state index >= 15 is 0 Å². The maximum atomic E-state index is 13.5. The number of ether oxygens (including phenoxy) is 1. The number of amides is 1. The van der Waals surface area contributed by atoms with Crippen LogP contribution in [0.4, 0.5) is 23.2 Å². The second-order valence-electron chi connectivity index (χ2n) is 4.19. The van der Waals surface area contributed by atoms with E-state index in [4.69, 9.17) is 0 Å². The van der Waals surface area contributed by atoms with Gasteiger partial charge in [0.05, 0.1) is 5.69 Å². The number of alkyl halides is 3. The van der Waals surface area contributed by atoms with Crippen molar-refractivity contribution in [3.05, 3.63) is 54.0 Å². The van der Waals surface area contributed by atoms with Gasteiger partial charge in [0.25, 0.3) is 5.91 Å². The van der Waals surface area contributed by atoms with E-state index in [9.17, 15) is 22.4 Å². The quantitative estimate of drug-likeness (QED) is 0.880. The van der Waals surface area contributed by atoms with E-state index in [0.29, 0.717) is 0 Å². The summed E-state index contributed by atoms with van der Waals surface area (Å²) in [4.78, 5) is 15.6. The molecule has 116 valence electrons. The van der Waals surface area contributed by atoms with Crippen LogP contribution in [-0.4, -0.2) is 23.7 Å². The van der Waals surface area contributed by atoms with Gasteiger partial charge in [0.2, 0.25) is 5.88 Å². The fourth-order valence-corrected chi connectivity index (χ4v) is 1.58. The number of aromatic nitrogens is 1. The van der Waals surface area contributed by atoms with Crippen molar-refractivity contribution in [2.24, 2.45) is 0 Å². The van der Waals surface area contributed by atoms with Gasteiger partial charge in [0.15, 0.2) is 6.61 Å². The van der Waals surface area contributed by atoms with Crippen LogP contribution in [0.3, 0.4) is 0 Å². The van der Waals surface area contributed by atoms with Crippen molar-refractivity contribution in [3.8, 4) is 5.88 Å². The number of nitrogens with one attached hydrogen (secondary N) is 1. The fraction of sp³-hybridized carbons (Fsp3) is 0.143. The summed E-state index contributed by atoms with van der Waals surface area (Å²) in [6.45, 7) is -1.58. The van der Waals surface area contributed by atoms with Crippen molar-refractivity contribution in [1.29, 1.82) is 0 Å². The van der Waals surface area contributed by atoms with E-state index in [-0.39, 0.29) is 11.3 Å². The molecule has 1 amide bonds. The molecule has 0 aliphatic heterocycles. The van der Waals surface area contributed by atoms with E-state index < -0.39 is 30.4 Å². The Labute approximate surface area is 122 Å². The number of hydrogen-bond donors (Lipinski definition) is 1. The number of nitrogens with zero attached hydrogens (tertiary/aromatic N) is 1. The predicted molar refractivity (Wildman–Crippen MR) is 70.1 cm³/mol. The maximum Gasteiger partial charge on any atom is 0.422 e. The number of pyridine rings is 1. The highest BCUT2D eigenvalue weighted by molar-refractivity contribution is 6.05. The van der Waals surface area contributed by atoms with E-state index in [1.807, 2.05) is 0 Å². The number of rotatable bonds is 4. The molecule has 4 nitrogen and oxygen atoms in total. The van der Waals surface area contributed by atoms with Gasteiger partial charge in [-0.05, 0) is 24.3 Å². The lowest BCUT2D eigenvalue weighted by Gasteiger charge is -2.12. The first-order valence-corrected chi connectivity index (χ1v) is 6.07. The Morgan fingerprint density at radius 1 is 1.18 bits per heavy atom. The molecule has 2 aromatic rings. The first-order chi connectivity index (χ1) is 10.4. The molecule has 0 fully saturated rings. The number of benzene rings is 1. The Hall–Kier alpha value is -2.64. The highest BCUT2D eigenvalue weighted by atomic mass is 19.4. The molecule has 1 aromatic carbocycles. The average molecular weight is 314 g/mol. The van der Waals surface area contributed by atoms with Crippen LogP contribution in [0.1, 0.15) is 10.4 Å². The molecule has 0 aliphatic carbocycles. The molecule has 0 saturated carbocycles. The van der Waals surface area contributed by atoms with Gasteiger partial charge in [0.1, 0.15) is 11.4 Å². The summed E-state index contributed by atoms with van der Waals surface area (Å²) in [6.07, 6.45) is -3.37. The summed E-state index contributed by atoms with van der Waals surface area (Å²) in [6, 6.07) is 7.99. The van der Waals surface area contributed by atoms with Gasteiger partial charge in [-0.1, -0.05) is 12.1 Å². The summed E-state index contributed by atoms with van der Waals surface area (Å²) >= 11 is 0. The minimum Gasteiger partial charge on any atom is -0.467 e. The smallest absolute Gasteiger partial charge is 0.422 e. The topological polar surface area (TPSA) is 51.2 Å². The molecule has 0 saturated heterocycles. The van der Waals surface area contributed by atoms with Gasteiger partial charge in [-0.2, -0.15) is 13.2 Å². The molecule has 8 heteroatoms. The first-order valence-electron chi connectivity index (χ1n) is 6.07. The molecule has 0 atom stereocenters. The van der Waals surface area contributed by atoms with Crippen molar-refractivity contribution in [3.63, 3.8) is 0 Å². The Bertz CT molecular complexity index is 674. The lowest BCUT2D eigenvalue weighted by Crippen LogP contribution is -2.22. The molecule has 0 unspecified atom stereocenters. The van der Waals surface area contributed by atoms with Crippen LogP contribution in [0.5, 0.6) is 5.88 Å². The van der Waals surface area contributed by atoms with Gasteiger partial charge in [0, 0.05) is 6.20 Å². The van der Waals surface area contributed by atoms with E-state index in [1.54, 1.807) is 0 Å². The van der Waals surface area contributed by atoms with Gasteiger partial charge in [-0.25, -0.2) is 9.37 Å². The summed E-state index contributed by atoms with van der Waals surface area (Å²) in [5, 5.41) is 2.25. The predicted octanol–water partition coefficient (Wildman–Crippen LogP) is 3.41. The number of hydrogen-bond acceptors (Lipinski definition) is 3. The first kappa shape index (κ1) is 15.7. The fourth-order valence-electron chi connectivity index (χ4n) is 1.58. The third-order valence-electron chi connectivity index (χ3n) is 2.51. The van der Waals surface area contributed by atoms with Gasteiger partial charge >= 0.3 is 6.18 Å². The zero-order valence-corrected chi connectivity index (χ0v) is 11.0. The van der Waals surface area contributed by atoms with Crippen LogP contribution in [0, 0.1) is 5.82 Å². The van der Waals surface area contributed by atoms with Crippen LogP contribution in [0.2, 0.25) is 0 Å². The van der Waals surface area contributed by atoms with Crippen molar-refractivity contribution >= 4 is 11.6 Å². The SMILES string of the molecule is O=C(Nc1ccccc1F)c1cccnc1OCC(F)(F)F. The molecule has 0 bridgehead atoms. The van der Waals surface area contributed by atoms with Crippen molar-refractivity contribution < 1.29 is 27.1 Å². The minimum atomic E-state index is -4.56. The molecule has 1 aromatic heterocycles. The molecular weight excluding hydrogens is 304 g/mol. The Kier molecular flexibility index (Phi) is 4.59. The van der Waals surface area contributed by atoms with Crippen molar-refractivity contribution in [2.45, 2.75) is 6.18 Å². The summed E-state index contributed by atoms with van der Waals surface area (Å²) in [5.74, 6) is -1.97. The maximum absolute atomic E-state index is 13.5. The minimum absolute atomic E-state index is 0.0990. The zero-order valence-electron chi connectivity index (χ0n) is 11.0. The number of anilines is 1. The number of para-hydroxylation sites is 1. The highest BCUT2D eigenvalue weighted by Gasteiger charge is 2.29. The van der Waals surface area contributed by atoms with Crippen LogP contribution >= 0.6 is 0 Å². The van der Waals surface area contributed by atoms with E-state index in [1.165, 1.54) is 36.5 Å². The number of carbonyl (C=O) groups is 1. The van der Waals surface area contributed by atoms with Crippen molar-refractivity contribution in [1.82, 2.24) is 4.98 Å². The van der Waals surface area contributed by atoms with Gasteiger partial charge in [-0.15, -0.1) is 0 Å². The average Bonchev–Trinajstić information content (AvgIpc) is 2.47. The largest absolute Gasteiger partial charge is 0.467 e.